The summed E-state index contributed by atoms with van der Waals surface area (Å²) in [6.07, 6.45) is 0. The van der Waals surface area contributed by atoms with Crippen LogP contribution in [0.25, 0.3) is 11.1 Å². The second-order valence-corrected chi connectivity index (χ2v) is 13.1. The van der Waals surface area contributed by atoms with Crippen LogP contribution in [0.3, 0.4) is 0 Å². The van der Waals surface area contributed by atoms with Crippen LogP contribution < -0.4 is 0 Å². The highest BCUT2D eigenvalue weighted by molar-refractivity contribution is 7.99. The van der Waals surface area contributed by atoms with E-state index < -0.39 is 10.9 Å². The lowest BCUT2D eigenvalue weighted by Gasteiger charge is -2.12. The van der Waals surface area contributed by atoms with Gasteiger partial charge in [-0.1, -0.05) is 84.6 Å². The maximum Gasteiger partial charge on any atom is 0.343 e. The van der Waals surface area contributed by atoms with Gasteiger partial charge in [-0.2, -0.15) is 0 Å². The number of carbonyl (C=O) groups is 2. The van der Waals surface area contributed by atoms with Gasteiger partial charge in [0.2, 0.25) is 0 Å². The van der Waals surface area contributed by atoms with Gasteiger partial charge in [-0.25, -0.2) is 4.79 Å². The van der Waals surface area contributed by atoms with E-state index in [2.05, 4.69) is 60.7 Å². The number of ether oxygens (including phenoxy) is 1. The molecule has 6 rings (SSSR count). The molecular formula is C39H29O3S2+. The van der Waals surface area contributed by atoms with Crippen molar-refractivity contribution in [3.8, 4) is 11.1 Å². The van der Waals surface area contributed by atoms with Gasteiger partial charge < -0.3 is 4.74 Å². The Morgan fingerprint density at radius 1 is 0.523 bits per heavy atom. The van der Waals surface area contributed by atoms with Crippen molar-refractivity contribution in [1.82, 2.24) is 0 Å². The van der Waals surface area contributed by atoms with Gasteiger partial charge in [0.05, 0.1) is 7.11 Å². The molecule has 5 heteroatoms. The van der Waals surface area contributed by atoms with Crippen LogP contribution in [0.2, 0.25) is 0 Å². The summed E-state index contributed by atoms with van der Waals surface area (Å²) in [5, 5.41) is 0. The van der Waals surface area contributed by atoms with Crippen molar-refractivity contribution in [1.29, 1.82) is 0 Å². The largest absolute Gasteiger partial charge is 0.465 e. The first kappa shape index (κ1) is 29.2. The third-order valence-corrected chi connectivity index (χ3v) is 10.5. The molecule has 0 aliphatic rings. The van der Waals surface area contributed by atoms with Crippen molar-refractivity contribution in [2.75, 3.05) is 7.11 Å². The van der Waals surface area contributed by atoms with Gasteiger partial charge in [0, 0.05) is 20.9 Å². The fourth-order valence-electron chi connectivity index (χ4n) is 4.94. The number of hydrogen-bond acceptors (Lipinski definition) is 4. The SMILES string of the molecule is COC(=O)c1ccccc1[S+](c1ccc(Sc2ccc(C(=O)c3ccccc3)cc2)cc1)c1ccc(-c2ccccc2)cc1. The first-order chi connectivity index (χ1) is 21.6. The molecule has 44 heavy (non-hydrogen) atoms. The van der Waals surface area contributed by atoms with Crippen LogP contribution in [0.1, 0.15) is 26.3 Å². The molecule has 6 aromatic rings. The molecule has 0 N–H and O–H groups in total. The van der Waals surface area contributed by atoms with Gasteiger partial charge >= 0.3 is 5.97 Å². The van der Waals surface area contributed by atoms with Crippen LogP contribution >= 0.6 is 11.8 Å². The fraction of sp³-hybridized carbons (Fsp3) is 0.0256. The number of rotatable bonds is 9. The topological polar surface area (TPSA) is 43.4 Å². The second kappa shape index (κ2) is 13.6. The summed E-state index contributed by atoms with van der Waals surface area (Å²) in [4.78, 5) is 30.9. The molecule has 1 unspecified atom stereocenters. The summed E-state index contributed by atoms with van der Waals surface area (Å²) >= 11 is 1.64. The van der Waals surface area contributed by atoms with Crippen molar-refractivity contribution in [3.63, 3.8) is 0 Å². The number of carbonyl (C=O) groups excluding carboxylic acids is 2. The zero-order valence-corrected chi connectivity index (χ0v) is 25.7. The Bertz CT molecular complexity index is 1870. The summed E-state index contributed by atoms with van der Waals surface area (Å²) in [6, 6.07) is 52.1. The molecular weight excluding hydrogens is 581 g/mol. The number of methoxy groups -OCH3 is 1. The monoisotopic (exact) mass is 609 g/mol. The van der Waals surface area contributed by atoms with E-state index in [1.165, 1.54) is 7.11 Å². The lowest BCUT2D eigenvalue weighted by molar-refractivity contribution is 0.0596. The van der Waals surface area contributed by atoms with E-state index in [1.54, 1.807) is 11.8 Å². The Morgan fingerprint density at radius 3 is 1.61 bits per heavy atom. The smallest absolute Gasteiger partial charge is 0.343 e. The van der Waals surface area contributed by atoms with E-state index in [0.29, 0.717) is 16.7 Å². The second-order valence-electron chi connectivity index (χ2n) is 9.98. The van der Waals surface area contributed by atoms with Crippen LogP contribution in [0.15, 0.2) is 182 Å². The molecule has 0 fully saturated rings. The van der Waals surface area contributed by atoms with Gasteiger partial charge in [-0.05, 0) is 96.1 Å². The molecule has 214 valence electrons. The molecule has 0 aromatic heterocycles. The summed E-state index contributed by atoms with van der Waals surface area (Å²) < 4.78 is 5.15. The summed E-state index contributed by atoms with van der Waals surface area (Å²) in [6.45, 7) is 0. The third-order valence-electron chi connectivity index (χ3n) is 7.16. The van der Waals surface area contributed by atoms with Crippen LogP contribution in [0, 0.1) is 0 Å². The van der Waals surface area contributed by atoms with E-state index in [4.69, 9.17) is 4.74 Å². The average molecular weight is 610 g/mol. The Kier molecular flexibility index (Phi) is 9.06. The third kappa shape index (κ3) is 6.55. The number of hydrogen-bond donors (Lipinski definition) is 0. The molecule has 3 nitrogen and oxygen atoms in total. The van der Waals surface area contributed by atoms with Crippen molar-refractivity contribution < 1.29 is 14.3 Å². The van der Waals surface area contributed by atoms with E-state index in [1.807, 2.05) is 97.1 Å². The zero-order chi connectivity index (χ0) is 30.3. The van der Waals surface area contributed by atoms with E-state index in [9.17, 15) is 9.59 Å². The molecule has 0 saturated heterocycles. The standard InChI is InChI=1S/C39H29O3S2/c1-42-39(41)36-14-8-9-15-37(36)44(34-24-18-29(19-25-34)28-10-4-2-5-11-28)35-26-22-33(23-27-35)43-32-20-16-31(17-21-32)38(40)30-12-6-3-7-13-30/h2-27H,1H3/q+1. The number of esters is 1. The summed E-state index contributed by atoms with van der Waals surface area (Å²) in [5.74, 6) is -0.331. The maximum atomic E-state index is 12.8. The van der Waals surface area contributed by atoms with Crippen molar-refractivity contribution in [3.05, 3.63) is 174 Å². The van der Waals surface area contributed by atoms with Crippen LogP contribution in [0.5, 0.6) is 0 Å². The quantitative estimate of drug-likeness (QED) is 0.0930. The lowest BCUT2D eigenvalue weighted by atomic mass is 10.0. The molecule has 0 saturated carbocycles. The molecule has 0 heterocycles. The predicted octanol–water partition coefficient (Wildman–Crippen LogP) is 9.62. The molecule has 0 spiro atoms. The van der Waals surface area contributed by atoms with Crippen LogP contribution in [-0.4, -0.2) is 18.9 Å². The highest BCUT2D eigenvalue weighted by Gasteiger charge is 2.33. The number of benzene rings is 6. The Balaban J connectivity index is 1.28. The minimum atomic E-state index is -0.542. The highest BCUT2D eigenvalue weighted by Crippen LogP contribution is 2.36. The summed E-state index contributed by atoms with van der Waals surface area (Å²) in [7, 11) is 0.877. The van der Waals surface area contributed by atoms with Crippen LogP contribution in [-0.2, 0) is 15.6 Å². The molecule has 1 atom stereocenters. The van der Waals surface area contributed by atoms with Gasteiger partial charge in [0.15, 0.2) is 20.5 Å². The van der Waals surface area contributed by atoms with E-state index in [0.717, 1.165) is 35.6 Å². The molecule has 0 aliphatic carbocycles. The average Bonchev–Trinajstić information content (AvgIpc) is 3.10. The predicted molar refractivity (Wildman–Crippen MR) is 179 cm³/mol. The van der Waals surface area contributed by atoms with Crippen molar-refractivity contribution >= 4 is 34.4 Å². The molecule has 0 amide bonds. The normalized spacial score (nSPS) is 11.5. The van der Waals surface area contributed by atoms with Gasteiger partial charge in [-0.3, -0.25) is 4.79 Å². The Hall–Kier alpha value is -4.84. The van der Waals surface area contributed by atoms with Crippen molar-refractivity contribution in [2.45, 2.75) is 24.5 Å². The Labute approximate surface area is 264 Å². The van der Waals surface area contributed by atoms with Crippen LogP contribution in [0.4, 0.5) is 0 Å². The summed E-state index contributed by atoms with van der Waals surface area (Å²) in [5.41, 5.74) is 4.22. The van der Waals surface area contributed by atoms with Gasteiger partial charge in [-0.15, -0.1) is 0 Å². The maximum absolute atomic E-state index is 12.8. The van der Waals surface area contributed by atoms with E-state index in [-0.39, 0.29) is 11.8 Å². The minimum absolute atomic E-state index is 0.0163. The number of ketones is 1. The van der Waals surface area contributed by atoms with E-state index >= 15 is 0 Å². The van der Waals surface area contributed by atoms with Gasteiger partial charge in [0.1, 0.15) is 16.5 Å². The highest BCUT2D eigenvalue weighted by atomic mass is 32.2. The lowest BCUT2D eigenvalue weighted by Crippen LogP contribution is -2.12. The van der Waals surface area contributed by atoms with Crippen molar-refractivity contribution in [2.24, 2.45) is 0 Å². The Morgan fingerprint density at radius 2 is 1.00 bits per heavy atom. The molecule has 6 aromatic carbocycles. The fourth-order valence-corrected chi connectivity index (χ4v) is 7.94. The molecule has 0 aliphatic heterocycles. The van der Waals surface area contributed by atoms with Gasteiger partial charge in [0.25, 0.3) is 0 Å². The minimum Gasteiger partial charge on any atom is -0.465 e. The first-order valence-electron chi connectivity index (χ1n) is 14.2. The first-order valence-corrected chi connectivity index (χ1v) is 16.2. The molecule has 0 radical (unpaired) electrons. The zero-order valence-electron chi connectivity index (χ0n) is 24.1. The molecule has 0 bridgehead atoms.